The number of benzene rings is 2. The standard InChI is InChI=1S/C19H23O4P/c1-3-22-24(21,23-4-2)15-18(16-11-7-5-8-12-16)19(20)17-13-9-6-10-14-17/h5-15,19-20H,3-4H2,1-2H3/b18-15+. The van der Waals surface area contributed by atoms with Crippen molar-refractivity contribution in [3.8, 4) is 0 Å². The number of hydrogen-bond acceptors (Lipinski definition) is 4. The zero-order valence-corrected chi connectivity index (χ0v) is 14.9. The monoisotopic (exact) mass is 346 g/mol. The molecule has 24 heavy (non-hydrogen) atoms. The molecule has 0 heterocycles. The van der Waals surface area contributed by atoms with E-state index < -0.39 is 13.7 Å². The summed E-state index contributed by atoms with van der Waals surface area (Å²) in [6.45, 7) is 4.04. The fourth-order valence-electron chi connectivity index (χ4n) is 2.39. The van der Waals surface area contributed by atoms with E-state index >= 15 is 0 Å². The zero-order valence-electron chi connectivity index (χ0n) is 14.0. The van der Waals surface area contributed by atoms with Crippen LogP contribution in [0.5, 0.6) is 0 Å². The van der Waals surface area contributed by atoms with Crippen LogP contribution < -0.4 is 0 Å². The van der Waals surface area contributed by atoms with E-state index in [-0.39, 0.29) is 13.2 Å². The highest BCUT2D eigenvalue weighted by atomic mass is 31.2. The maximum absolute atomic E-state index is 12.9. The van der Waals surface area contributed by atoms with Gasteiger partial charge >= 0.3 is 7.60 Å². The third-order valence-electron chi connectivity index (χ3n) is 3.43. The number of aliphatic hydroxyl groups is 1. The van der Waals surface area contributed by atoms with Gasteiger partial charge in [0, 0.05) is 11.4 Å². The summed E-state index contributed by atoms with van der Waals surface area (Å²) in [5.74, 6) is 1.44. The highest BCUT2D eigenvalue weighted by Gasteiger charge is 2.25. The minimum atomic E-state index is -3.44. The Morgan fingerprint density at radius 3 is 2.00 bits per heavy atom. The van der Waals surface area contributed by atoms with E-state index in [0.717, 1.165) is 5.56 Å². The van der Waals surface area contributed by atoms with Crippen LogP contribution in [0.1, 0.15) is 31.1 Å². The van der Waals surface area contributed by atoms with Crippen LogP contribution in [-0.4, -0.2) is 18.3 Å². The van der Waals surface area contributed by atoms with E-state index in [9.17, 15) is 9.67 Å². The van der Waals surface area contributed by atoms with Crippen molar-refractivity contribution >= 4 is 13.2 Å². The second-order valence-corrected chi connectivity index (χ2v) is 6.99. The second kappa shape index (κ2) is 8.95. The van der Waals surface area contributed by atoms with Gasteiger partial charge in [-0.05, 0) is 25.0 Å². The van der Waals surface area contributed by atoms with Gasteiger partial charge in [0.1, 0.15) is 6.10 Å². The van der Waals surface area contributed by atoms with Crippen LogP contribution in [0.4, 0.5) is 0 Å². The van der Waals surface area contributed by atoms with Gasteiger partial charge in [-0.1, -0.05) is 60.7 Å². The Morgan fingerprint density at radius 2 is 1.50 bits per heavy atom. The van der Waals surface area contributed by atoms with E-state index in [0.29, 0.717) is 11.1 Å². The van der Waals surface area contributed by atoms with Gasteiger partial charge in [0.25, 0.3) is 0 Å². The molecule has 5 heteroatoms. The van der Waals surface area contributed by atoms with E-state index in [1.165, 1.54) is 5.82 Å². The Labute approximate surface area is 143 Å². The molecule has 1 atom stereocenters. The van der Waals surface area contributed by atoms with Crippen molar-refractivity contribution in [1.82, 2.24) is 0 Å². The molecule has 0 aliphatic rings. The van der Waals surface area contributed by atoms with E-state index in [2.05, 4.69) is 0 Å². The molecular formula is C19H23O4P. The molecule has 1 N–H and O–H groups in total. The highest BCUT2D eigenvalue weighted by Crippen LogP contribution is 2.53. The summed E-state index contributed by atoms with van der Waals surface area (Å²) in [6.07, 6.45) is -0.928. The van der Waals surface area contributed by atoms with Crippen LogP contribution in [0.15, 0.2) is 66.5 Å². The highest BCUT2D eigenvalue weighted by molar-refractivity contribution is 7.57. The van der Waals surface area contributed by atoms with E-state index in [4.69, 9.17) is 9.05 Å². The van der Waals surface area contributed by atoms with Gasteiger partial charge in [-0.2, -0.15) is 0 Å². The van der Waals surface area contributed by atoms with Crippen molar-refractivity contribution in [2.45, 2.75) is 20.0 Å². The molecule has 2 aromatic rings. The van der Waals surface area contributed by atoms with Crippen LogP contribution in [-0.2, 0) is 13.6 Å². The Morgan fingerprint density at radius 1 is 1.00 bits per heavy atom. The first-order chi connectivity index (χ1) is 11.6. The lowest BCUT2D eigenvalue weighted by Gasteiger charge is -2.20. The van der Waals surface area contributed by atoms with Gasteiger partial charge in [-0.3, -0.25) is 4.57 Å². The van der Waals surface area contributed by atoms with Crippen molar-refractivity contribution in [2.24, 2.45) is 0 Å². The minimum absolute atomic E-state index is 0.261. The summed E-state index contributed by atoms with van der Waals surface area (Å²) in [5, 5.41) is 10.8. The Hall–Kier alpha value is -1.71. The smallest absolute Gasteiger partial charge is 0.354 e. The number of hydrogen-bond donors (Lipinski definition) is 1. The lowest BCUT2D eigenvalue weighted by molar-refractivity contribution is 0.225. The van der Waals surface area contributed by atoms with E-state index in [1.54, 1.807) is 13.8 Å². The zero-order chi connectivity index (χ0) is 17.4. The first-order valence-corrected chi connectivity index (χ1v) is 9.60. The normalized spacial score (nSPS) is 13.7. The first-order valence-electron chi connectivity index (χ1n) is 7.99. The van der Waals surface area contributed by atoms with Gasteiger partial charge in [-0.25, -0.2) is 0 Å². The van der Waals surface area contributed by atoms with Crippen LogP contribution >= 0.6 is 7.60 Å². The van der Waals surface area contributed by atoms with Gasteiger partial charge in [0.15, 0.2) is 0 Å². The quantitative estimate of drug-likeness (QED) is 0.681. The van der Waals surface area contributed by atoms with Gasteiger partial charge in [0.2, 0.25) is 0 Å². The van der Waals surface area contributed by atoms with Crippen LogP contribution in [0.3, 0.4) is 0 Å². The Bertz CT molecular complexity index is 688. The summed E-state index contributed by atoms with van der Waals surface area (Å²) in [7, 11) is -3.44. The molecule has 1 unspecified atom stereocenters. The summed E-state index contributed by atoms with van der Waals surface area (Å²) in [5.41, 5.74) is 1.99. The van der Waals surface area contributed by atoms with Crippen molar-refractivity contribution in [1.29, 1.82) is 0 Å². The summed E-state index contributed by atoms with van der Waals surface area (Å²) < 4.78 is 23.6. The Kier molecular flexibility index (Phi) is 6.95. The molecule has 0 saturated carbocycles. The average Bonchev–Trinajstić information content (AvgIpc) is 2.61. The Balaban J connectivity index is 2.51. The fraction of sp³-hybridized carbons (Fsp3) is 0.263. The molecule has 0 saturated heterocycles. The lowest BCUT2D eigenvalue weighted by Crippen LogP contribution is -2.03. The third kappa shape index (κ3) is 4.89. The summed E-state index contributed by atoms with van der Waals surface area (Å²) >= 11 is 0. The molecule has 128 valence electrons. The molecule has 0 aliphatic carbocycles. The molecule has 0 aliphatic heterocycles. The van der Waals surface area contributed by atoms with Crippen molar-refractivity contribution in [3.63, 3.8) is 0 Å². The second-order valence-electron chi connectivity index (χ2n) is 5.14. The average molecular weight is 346 g/mol. The SMILES string of the molecule is CCOP(=O)(/C=C(\c1ccccc1)C(O)c1ccccc1)OCC. The molecule has 0 aromatic heterocycles. The summed E-state index contributed by atoms with van der Waals surface area (Å²) in [4.78, 5) is 0. The van der Waals surface area contributed by atoms with Crippen molar-refractivity contribution in [3.05, 3.63) is 77.6 Å². The number of rotatable bonds is 8. The largest absolute Gasteiger partial charge is 0.384 e. The number of aliphatic hydroxyl groups excluding tert-OH is 1. The lowest BCUT2D eigenvalue weighted by atomic mass is 9.97. The molecule has 4 nitrogen and oxygen atoms in total. The molecule has 0 fully saturated rings. The van der Waals surface area contributed by atoms with Crippen molar-refractivity contribution in [2.75, 3.05) is 13.2 Å². The maximum Gasteiger partial charge on any atom is 0.354 e. The van der Waals surface area contributed by atoms with Gasteiger partial charge < -0.3 is 14.2 Å². The van der Waals surface area contributed by atoms with Crippen molar-refractivity contribution < 1.29 is 18.7 Å². The van der Waals surface area contributed by atoms with Gasteiger partial charge in [-0.15, -0.1) is 0 Å². The third-order valence-corrected chi connectivity index (χ3v) is 5.26. The minimum Gasteiger partial charge on any atom is -0.384 e. The molecule has 0 spiro atoms. The molecular weight excluding hydrogens is 323 g/mol. The molecule has 2 aromatic carbocycles. The fourth-order valence-corrected chi connectivity index (χ4v) is 3.96. The molecule has 0 radical (unpaired) electrons. The maximum atomic E-state index is 12.9. The molecule has 0 bridgehead atoms. The van der Waals surface area contributed by atoms with Crippen LogP contribution in [0, 0.1) is 0 Å². The molecule has 0 amide bonds. The predicted molar refractivity (Wildman–Crippen MR) is 96.7 cm³/mol. The van der Waals surface area contributed by atoms with E-state index in [1.807, 2.05) is 60.7 Å². The first kappa shape index (κ1) is 18.6. The summed E-state index contributed by atoms with van der Waals surface area (Å²) in [6, 6.07) is 18.6. The molecule has 2 rings (SSSR count). The van der Waals surface area contributed by atoms with Gasteiger partial charge in [0.05, 0.1) is 13.2 Å². The predicted octanol–water partition coefficient (Wildman–Crippen LogP) is 5.03. The van der Waals surface area contributed by atoms with Crippen LogP contribution in [0.25, 0.3) is 5.57 Å². The topological polar surface area (TPSA) is 55.8 Å². The van der Waals surface area contributed by atoms with Crippen LogP contribution in [0.2, 0.25) is 0 Å².